The largest absolute Gasteiger partial charge is 0.463 e. The number of hydrogen-bond acceptors (Lipinski definition) is 6. The van der Waals surface area contributed by atoms with Gasteiger partial charge in [-0.3, -0.25) is 0 Å². The third-order valence-electron chi connectivity index (χ3n) is 6.75. The maximum atomic E-state index is 12.2. The second kappa shape index (κ2) is 7.37. The van der Waals surface area contributed by atoms with Gasteiger partial charge in [-0.2, -0.15) is 0 Å². The smallest absolute Gasteiger partial charge is 0.336 e. The average Bonchev–Trinajstić information content (AvgIpc) is 3.40. The molecule has 0 saturated carbocycles. The quantitative estimate of drug-likeness (QED) is 0.252. The molecule has 0 spiro atoms. The fourth-order valence-electron chi connectivity index (χ4n) is 4.93. The summed E-state index contributed by atoms with van der Waals surface area (Å²) < 4.78 is 24.1. The van der Waals surface area contributed by atoms with E-state index in [9.17, 15) is 9.90 Å². The van der Waals surface area contributed by atoms with Gasteiger partial charge in [0.1, 0.15) is 28.3 Å². The van der Waals surface area contributed by atoms with Gasteiger partial charge in [-0.25, -0.2) is 4.79 Å². The maximum absolute atomic E-state index is 12.2. The number of rotatable bonds is 1. The van der Waals surface area contributed by atoms with E-state index in [0.29, 0.717) is 28.1 Å². The Morgan fingerprint density at radius 2 is 1.58 bits per heavy atom. The molecular formula is C30H28O6. The van der Waals surface area contributed by atoms with Crippen molar-refractivity contribution < 1.29 is 23.1 Å². The molecule has 36 heavy (non-hydrogen) atoms. The van der Waals surface area contributed by atoms with Crippen molar-refractivity contribution >= 4 is 39.0 Å². The summed E-state index contributed by atoms with van der Waals surface area (Å²) in [5.74, 6) is 1.30. The van der Waals surface area contributed by atoms with Crippen molar-refractivity contribution in [2.24, 2.45) is 0 Å². The van der Waals surface area contributed by atoms with E-state index in [1.54, 1.807) is 24.5 Å². The van der Waals surface area contributed by atoms with Crippen LogP contribution in [0.5, 0.6) is 5.75 Å². The van der Waals surface area contributed by atoms with Crippen molar-refractivity contribution in [2.45, 2.75) is 58.7 Å². The van der Waals surface area contributed by atoms with Gasteiger partial charge in [0.25, 0.3) is 0 Å². The SMILES string of the molecule is CC(C)(C)c1cc2c(-c3c4c(cc5c(C(C)(C)C)coc35)C=CC(O)O4)c3ccc(=O)oc3cc2o1. The van der Waals surface area contributed by atoms with Crippen molar-refractivity contribution in [3.05, 3.63) is 70.0 Å². The van der Waals surface area contributed by atoms with E-state index in [-0.39, 0.29) is 10.8 Å². The van der Waals surface area contributed by atoms with Crippen LogP contribution in [-0.4, -0.2) is 11.4 Å². The second-order valence-corrected chi connectivity index (χ2v) is 11.5. The predicted molar refractivity (Wildman–Crippen MR) is 141 cm³/mol. The standard InChI is InChI=1S/C30H28O6/c1-29(2,3)19-14-33-28-17(19)11-15-7-9-24(32)36-27(15)26(28)25-16-8-10-23(31)35-20(16)13-21-18(25)12-22(34-21)30(4,5)6/h7-14,24,32H,1-6H3. The molecule has 6 rings (SSSR count). The molecule has 0 fully saturated rings. The zero-order valence-corrected chi connectivity index (χ0v) is 21.2. The molecule has 4 heterocycles. The molecule has 0 bridgehead atoms. The Labute approximate surface area is 207 Å². The highest BCUT2D eigenvalue weighted by Crippen LogP contribution is 2.50. The topological polar surface area (TPSA) is 86.0 Å². The monoisotopic (exact) mass is 484 g/mol. The number of furan rings is 2. The molecule has 0 radical (unpaired) electrons. The molecule has 1 atom stereocenters. The number of fused-ring (bicyclic) bond motifs is 4. The minimum absolute atomic E-state index is 0.161. The van der Waals surface area contributed by atoms with Gasteiger partial charge in [0.2, 0.25) is 6.29 Å². The first-order valence-electron chi connectivity index (χ1n) is 12.0. The molecule has 2 aromatic carbocycles. The van der Waals surface area contributed by atoms with Crippen LogP contribution < -0.4 is 10.4 Å². The van der Waals surface area contributed by atoms with Gasteiger partial charge >= 0.3 is 5.63 Å². The van der Waals surface area contributed by atoms with Gasteiger partial charge in [-0.15, -0.1) is 0 Å². The fraction of sp³-hybridized carbons (Fsp3) is 0.300. The van der Waals surface area contributed by atoms with Crippen molar-refractivity contribution in [1.29, 1.82) is 0 Å². The van der Waals surface area contributed by atoms with Crippen molar-refractivity contribution in [1.82, 2.24) is 0 Å². The van der Waals surface area contributed by atoms with Crippen LogP contribution >= 0.6 is 0 Å². The predicted octanol–water partition coefficient (Wildman–Crippen LogP) is 7.27. The van der Waals surface area contributed by atoms with Gasteiger partial charge in [-0.05, 0) is 35.8 Å². The lowest BCUT2D eigenvalue weighted by atomic mass is 9.84. The third kappa shape index (κ3) is 3.39. The van der Waals surface area contributed by atoms with Crippen molar-refractivity contribution in [3.63, 3.8) is 0 Å². The summed E-state index contributed by atoms with van der Waals surface area (Å²) >= 11 is 0. The zero-order valence-electron chi connectivity index (χ0n) is 21.2. The summed E-state index contributed by atoms with van der Waals surface area (Å²) in [6, 6.07) is 9.00. The summed E-state index contributed by atoms with van der Waals surface area (Å²) in [6.45, 7) is 12.7. The molecule has 6 heteroatoms. The Morgan fingerprint density at radius 1 is 0.833 bits per heavy atom. The highest BCUT2D eigenvalue weighted by Gasteiger charge is 2.30. The van der Waals surface area contributed by atoms with Crippen LogP contribution in [0.4, 0.5) is 0 Å². The molecule has 0 saturated heterocycles. The Morgan fingerprint density at radius 3 is 2.31 bits per heavy atom. The molecule has 5 aromatic rings. The Bertz CT molecular complexity index is 1760. The average molecular weight is 485 g/mol. The first-order valence-corrected chi connectivity index (χ1v) is 12.0. The van der Waals surface area contributed by atoms with E-state index < -0.39 is 11.9 Å². The molecule has 6 nitrogen and oxygen atoms in total. The third-order valence-corrected chi connectivity index (χ3v) is 6.75. The Hall–Kier alpha value is -3.77. The van der Waals surface area contributed by atoms with E-state index in [2.05, 4.69) is 41.5 Å². The lowest BCUT2D eigenvalue weighted by molar-refractivity contribution is 0.0236. The van der Waals surface area contributed by atoms with E-state index in [4.69, 9.17) is 18.0 Å². The van der Waals surface area contributed by atoms with Crippen molar-refractivity contribution in [3.8, 4) is 16.9 Å². The summed E-state index contributed by atoms with van der Waals surface area (Å²) in [4.78, 5) is 12.2. The van der Waals surface area contributed by atoms with E-state index in [1.807, 2.05) is 18.2 Å². The van der Waals surface area contributed by atoms with Crippen LogP contribution in [0.1, 0.15) is 58.4 Å². The van der Waals surface area contributed by atoms with Crippen LogP contribution in [0.3, 0.4) is 0 Å². The fourth-order valence-corrected chi connectivity index (χ4v) is 4.93. The van der Waals surface area contributed by atoms with Crippen LogP contribution in [0, 0.1) is 0 Å². The Balaban J connectivity index is 1.84. The van der Waals surface area contributed by atoms with E-state index in [1.165, 1.54) is 6.07 Å². The van der Waals surface area contributed by atoms with Gasteiger partial charge in [0.15, 0.2) is 0 Å². The highest BCUT2D eigenvalue weighted by molar-refractivity contribution is 6.16. The number of aliphatic hydroxyl groups excluding tert-OH is 1. The lowest BCUT2D eigenvalue weighted by Crippen LogP contribution is -2.16. The highest BCUT2D eigenvalue weighted by atomic mass is 16.6. The molecule has 0 aliphatic carbocycles. The minimum Gasteiger partial charge on any atom is -0.463 e. The summed E-state index contributed by atoms with van der Waals surface area (Å²) in [6.07, 6.45) is 4.17. The van der Waals surface area contributed by atoms with Gasteiger partial charge in [0, 0.05) is 50.4 Å². The van der Waals surface area contributed by atoms with Gasteiger partial charge in [0.05, 0.1) is 11.8 Å². The van der Waals surface area contributed by atoms with Crippen LogP contribution in [0.2, 0.25) is 0 Å². The molecule has 0 amide bonds. The van der Waals surface area contributed by atoms with Gasteiger partial charge < -0.3 is 23.1 Å². The summed E-state index contributed by atoms with van der Waals surface area (Å²) in [5, 5.41) is 12.9. The van der Waals surface area contributed by atoms with E-state index >= 15 is 0 Å². The van der Waals surface area contributed by atoms with Gasteiger partial charge in [-0.1, -0.05) is 41.5 Å². The molecular weight excluding hydrogens is 456 g/mol. The van der Waals surface area contributed by atoms with Crippen LogP contribution in [-0.2, 0) is 10.8 Å². The maximum Gasteiger partial charge on any atom is 0.336 e. The summed E-state index contributed by atoms with van der Waals surface area (Å²) in [5.41, 5.74) is 4.13. The molecule has 1 aliphatic rings. The molecule has 184 valence electrons. The van der Waals surface area contributed by atoms with Crippen LogP contribution in [0.25, 0.3) is 50.1 Å². The van der Waals surface area contributed by atoms with Crippen LogP contribution in [0.15, 0.2) is 60.7 Å². The zero-order chi connectivity index (χ0) is 25.6. The number of aliphatic hydroxyl groups is 1. The second-order valence-electron chi connectivity index (χ2n) is 11.5. The lowest BCUT2D eigenvalue weighted by Gasteiger charge is -2.23. The van der Waals surface area contributed by atoms with E-state index in [0.717, 1.165) is 38.6 Å². The molecule has 1 aliphatic heterocycles. The first-order chi connectivity index (χ1) is 16.9. The first kappa shape index (κ1) is 22.7. The molecule has 1 N–H and O–H groups in total. The Kier molecular flexibility index (Phi) is 4.64. The molecule has 1 unspecified atom stereocenters. The number of hydrogen-bond donors (Lipinski definition) is 1. The summed E-state index contributed by atoms with van der Waals surface area (Å²) in [7, 11) is 0. The minimum atomic E-state index is -1.09. The number of benzene rings is 2. The number of ether oxygens (including phenoxy) is 1. The normalized spacial score (nSPS) is 16.1. The molecule has 3 aromatic heterocycles. The van der Waals surface area contributed by atoms with Crippen molar-refractivity contribution in [2.75, 3.05) is 0 Å².